The van der Waals surface area contributed by atoms with Crippen LogP contribution >= 0.6 is 0 Å². The number of hydrogen-bond acceptors (Lipinski definition) is 2. The highest BCUT2D eigenvalue weighted by atomic mass is 19.4. The number of hydrogen-bond donors (Lipinski definition) is 0. The summed E-state index contributed by atoms with van der Waals surface area (Å²) in [7, 11) is 0. The summed E-state index contributed by atoms with van der Waals surface area (Å²) in [6, 6.07) is 44.0. The third-order valence-electron chi connectivity index (χ3n) is 8.82. The lowest BCUT2D eigenvalue weighted by atomic mass is 9.89. The molecule has 0 N–H and O–H groups in total. The van der Waals surface area contributed by atoms with Crippen LogP contribution in [-0.2, 0) is 6.18 Å². The van der Waals surface area contributed by atoms with E-state index >= 15 is 0 Å². The highest BCUT2D eigenvalue weighted by Gasteiger charge is 2.32. The summed E-state index contributed by atoms with van der Waals surface area (Å²) in [5, 5.41) is 0. The van der Waals surface area contributed by atoms with Crippen LogP contribution in [0.15, 0.2) is 153 Å². The molecule has 6 aromatic rings. The Balaban J connectivity index is 1.43. The second kappa shape index (κ2) is 10.4. The van der Waals surface area contributed by atoms with Gasteiger partial charge in [-0.25, -0.2) is 0 Å². The molecule has 46 heavy (non-hydrogen) atoms. The maximum Gasteiger partial charge on any atom is 0.416 e. The minimum atomic E-state index is -4.47. The zero-order valence-electron chi connectivity index (χ0n) is 24.7. The van der Waals surface area contributed by atoms with Crippen LogP contribution in [0, 0.1) is 0 Å². The average Bonchev–Trinajstić information content (AvgIpc) is 3.08. The van der Waals surface area contributed by atoms with Gasteiger partial charge in [-0.3, -0.25) is 0 Å². The molecule has 2 aliphatic rings. The number of nitrogens with zero attached hydrogens (tertiary/aromatic N) is 2. The predicted molar refractivity (Wildman–Crippen MR) is 183 cm³/mol. The van der Waals surface area contributed by atoms with Gasteiger partial charge in [0.2, 0.25) is 0 Å². The summed E-state index contributed by atoms with van der Waals surface area (Å²) >= 11 is 0. The number of para-hydroxylation sites is 4. The Morgan fingerprint density at radius 3 is 1.20 bits per heavy atom. The van der Waals surface area contributed by atoms with Gasteiger partial charge >= 0.3 is 6.18 Å². The van der Waals surface area contributed by atoms with E-state index in [-0.39, 0.29) is 0 Å². The van der Waals surface area contributed by atoms with E-state index in [4.69, 9.17) is 0 Å². The van der Waals surface area contributed by atoms with Crippen LogP contribution in [0.1, 0.15) is 27.8 Å². The molecule has 0 fully saturated rings. The van der Waals surface area contributed by atoms with Crippen molar-refractivity contribution < 1.29 is 13.2 Å². The van der Waals surface area contributed by atoms with E-state index < -0.39 is 11.7 Å². The Hall–Kier alpha value is -5.81. The fourth-order valence-electron chi connectivity index (χ4n) is 6.70. The molecule has 0 atom stereocenters. The zero-order valence-corrected chi connectivity index (χ0v) is 24.7. The first-order valence-electron chi connectivity index (χ1n) is 15.0. The lowest BCUT2D eigenvalue weighted by Crippen LogP contribution is -2.20. The van der Waals surface area contributed by atoms with Gasteiger partial charge in [0, 0.05) is 33.6 Å². The fraction of sp³-hybridized carbons (Fsp3) is 0.0244. The van der Waals surface area contributed by atoms with Crippen LogP contribution in [0.3, 0.4) is 0 Å². The van der Waals surface area contributed by atoms with E-state index in [2.05, 4.69) is 77.6 Å². The largest absolute Gasteiger partial charge is 0.416 e. The normalized spacial score (nSPS) is 13.5. The number of benzene rings is 6. The summed E-state index contributed by atoms with van der Waals surface area (Å²) in [5.41, 5.74) is 11.7. The summed E-state index contributed by atoms with van der Waals surface area (Å²) < 4.78 is 41.8. The standard InChI is InChI=1S/C41H27F3N2/c1-26-33-14-3-7-18-37(33)45(38-19-8-4-15-34(26)38)31-23-29(28-12-11-13-30(22-28)41(42,43)44)24-32(25-31)46-39-20-9-5-16-35(39)27(2)36-17-6-10-21-40(36)46/h3-25H,1-2H2. The summed E-state index contributed by atoms with van der Waals surface area (Å²) in [5.74, 6) is 0. The molecule has 0 spiro atoms. The molecule has 0 aliphatic carbocycles. The van der Waals surface area contributed by atoms with Crippen molar-refractivity contribution in [1.82, 2.24) is 0 Å². The van der Waals surface area contributed by atoms with Crippen molar-refractivity contribution in [3.8, 4) is 11.1 Å². The van der Waals surface area contributed by atoms with Crippen molar-refractivity contribution >= 4 is 45.3 Å². The molecule has 6 aromatic carbocycles. The molecule has 0 amide bonds. The zero-order chi connectivity index (χ0) is 31.6. The van der Waals surface area contributed by atoms with Crippen LogP contribution in [0.4, 0.5) is 47.3 Å². The Morgan fingerprint density at radius 2 is 0.804 bits per heavy atom. The van der Waals surface area contributed by atoms with Gasteiger partial charge < -0.3 is 9.80 Å². The number of halogens is 3. The molecule has 8 rings (SSSR count). The smallest absolute Gasteiger partial charge is 0.309 e. The minimum absolute atomic E-state index is 0.476. The Kier molecular flexibility index (Phi) is 6.26. The van der Waals surface area contributed by atoms with Crippen molar-refractivity contribution in [1.29, 1.82) is 0 Å². The quantitative estimate of drug-likeness (QED) is 0.198. The molecule has 0 radical (unpaired) electrons. The van der Waals surface area contributed by atoms with E-state index in [9.17, 15) is 13.2 Å². The molecule has 2 nitrogen and oxygen atoms in total. The first kappa shape index (κ1) is 27.7. The number of anilines is 6. The number of rotatable bonds is 3. The molecule has 0 unspecified atom stereocenters. The second-order valence-electron chi connectivity index (χ2n) is 11.5. The van der Waals surface area contributed by atoms with Gasteiger partial charge in [0.15, 0.2) is 0 Å². The first-order chi connectivity index (χ1) is 22.3. The maximum atomic E-state index is 13.9. The Bertz CT molecular complexity index is 1990. The van der Waals surface area contributed by atoms with Gasteiger partial charge in [-0.1, -0.05) is 98.1 Å². The van der Waals surface area contributed by atoms with Crippen molar-refractivity contribution in [2.45, 2.75) is 6.18 Å². The summed E-state index contributed by atoms with van der Waals surface area (Å²) in [6.45, 7) is 8.84. The Labute approximate surface area is 265 Å². The predicted octanol–water partition coefficient (Wildman–Crippen LogP) is 12.1. The van der Waals surface area contributed by atoms with Gasteiger partial charge in [-0.2, -0.15) is 13.2 Å². The molecule has 2 aliphatic heterocycles. The molecule has 2 heterocycles. The van der Waals surface area contributed by atoms with E-state index in [1.807, 2.05) is 60.7 Å². The highest BCUT2D eigenvalue weighted by molar-refractivity contribution is 6.03. The van der Waals surface area contributed by atoms with E-state index in [1.54, 1.807) is 6.07 Å². The molecule has 0 bridgehead atoms. The van der Waals surface area contributed by atoms with E-state index in [1.165, 1.54) is 12.1 Å². The van der Waals surface area contributed by atoms with Crippen molar-refractivity contribution in [3.05, 3.63) is 181 Å². The number of fused-ring (bicyclic) bond motifs is 4. The first-order valence-corrected chi connectivity index (χ1v) is 15.0. The lowest BCUT2D eigenvalue weighted by molar-refractivity contribution is -0.137. The van der Waals surface area contributed by atoms with Gasteiger partial charge in [-0.05, 0) is 76.9 Å². The molecular formula is C41H27F3N2. The van der Waals surface area contributed by atoms with Crippen molar-refractivity contribution in [2.75, 3.05) is 9.80 Å². The topological polar surface area (TPSA) is 6.48 Å². The van der Waals surface area contributed by atoms with Gasteiger partial charge in [0.25, 0.3) is 0 Å². The van der Waals surface area contributed by atoms with Crippen molar-refractivity contribution in [2.24, 2.45) is 0 Å². The second-order valence-corrected chi connectivity index (χ2v) is 11.5. The van der Waals surface area contributed by atoms with E-state index in [0.29, 0.717) is 11.1 Å². The van der Waals surface area contributed by atoms with Crippen LogP contribution in [0.5, 0.6) is 0 Å². The fourth-order valence-corrected chi connectivity index (χ4v) is 6.70. The number of alkyl halides is 3. The van der Waals surface area contributed by atoms with Crippen molar-refractivity contribution in [3.63, 3.8) is 0 Å². The van der Waals surface area contributed by atoms with Crippen LogP contribution < -0.4 is 9.80 Å². The average molecular weight is 605 g/mol. The van der Waals surface area contributed by atoms with E-state index in [0.717, 1.165) is 73.6 Å². The molecule has 0 saturated heterocycles. The Morgan fingerprint density at radius 1 is 0.413 bits per heavy atom. The maximum absolute atomic E-state index is 13.9. The molecular weight excluding hydrogens is 577 g/mol. The van der Waals surface area contributed by atoms with Crippen LogP contribution in [0.25, 0.3) is 22.3 Å². The summed E-state index contributed by atoms with van der Waals surface area (Å²) in [4.78, 5) is 4.36. The molecule has 0 saturated carbocycles. The molecule has 0 aromatic heterocycles. The molecule has 222 valence electrons. The third kappa shape index (κ3) is 4.35. The molecule has 5 heteroatoms. The van der Waals surface area contributed by atoms with Gasteiger partial charge in [0.1, 0.15) is 0 Å². The third-order valence-corrected chi connectivity index (χ3v) is 8.82. The lowest BCUT2D eigenvalue weighted by Gasteiger charge is -2.37. The summed E-state index contributed by atoms with van der Waals surface area (Å²) in [6.07, 6.45) is -4.47. The minimum Gasteiger partial charge on any atom is -0.309 e. The van der Waals surface area contributed by atoms with Crippen LogP contribution in [-0.4, -0.2) is 0 Å². The monoisotopic (exact) mass is 604 g/mol. The SMILES string of the molecule is C=C1c2ccccc2N(c2cc(-c3cccc(C(F)(F)F)c3)cc(N3c4ccccc4C(=C)c4ccccc43)c2)c2ccccc21. The van der Waals surface area contributed by atoms with Gasteiger partial charge in [-0.15, -0.1) is 0 Å². The van der Waals surface area contributed by atoms with Gasteiger partial charge in [0.05, 0.1) is 28.3 Å². The van der Waals surface area contributed by atoms with Crippen LogP contribution in [0.2, 0.25) is 0 Å². The highest BCUT2D eigenvalue weighted by Crippen LogP contribution is 2.52.